The maximum absolute atomic E-state index is 12.4. The fourth-order valence-electron chi connectivity index (χ4n) is 14.1. The second-order valence-corrected chi connectivity index (χ2v) is 27.1. The van der Waals surface area contributed by atoms with E-state index in [9.17, 15) is 30.0 Å². The zero-order valence-corrected chi connectivity index (χ0v) is 57.1. The summed E-state index contributed by atoms with van der Waals surface area (Å²) in [6, 6.07) is 59.4. The predicted octanol–water partition coefficient (Wildman–Crippen LogP) is 13.1. The molecule has 6 aromatic carbocycles. The average molecular weight is 1460 g/mol. The van der Waals surface area contributed by atoms with E-state index in [4.69, 9.17) is 93.1 Å². The number of nitrogens with one attached hydrogen (secondary N) is 3. The molecule has 9 N–H and O–H groups in total. The Hall–Kier alpha value is -9.76. The number of carbonyl (C=O) groups is 2. The molecule has 6 aromatic heterocycles. The van der Waals surface area contributed by atoms with Crippen LogP contribution in [-0.4, -0.2) is 175 Å². The van der Waals surface area contributed by atoms with Crippen LogP contribution >= 0.6 is 34.8 Å². The highest BCUT2D eigenvalue weighted by molar-refractivity contribution is 6.35. The predicted molar refractivity (Wildman–Crippen MR) is 393 cm³/mol. The molecule has 12 atom stereocenters. The number of carbonyl (C=O) groups excluding carboxylic acids is 1. The number of aliphatic hydroxyl groups excluding tert-OH is 3. The van der Waals surface area contributed by atoms with Crippen molar-refractivity contribution in [2.24, 2.45) is 5.73 Å². The highest BCUT2D eigenvalue weighted by Gasteiger charge is 2.51. The van der Waals surface area contributed by atoms with Gasteiger partial charge < -0.3 is 83.7 Å². The van der Waals surface area contributed by atoms with Gasteiger partial charge in [-0.3, -0.25) is 4.79 Å². The summed E-state index contributed by atoms with van der Waals surface area (Å²) in [5, 5.41) is 41.2. The van der Waals surface area contributed by atoms with Gasteiger partial charge in [0.2, 0.25) is 11.8 Å². The quantitative estimate of drug-likeness (QED) is 0.0501. The van der Waals surface area contributed by atoms with Crippen LogP contribution < -0.4 is 19.9 Å². The molecule has 0 spiro atoms. The third-order valence-electron chi connectivity index (χ3n) is 19.3. The number of nitrogens with zero attached hydrogens (tertiary/aromatic N) is 3. The number of primary amides is 1. The van der Waals surface area contributed by atoms with Crippen LogP contribution in [0.3, 0.4) is 0 Å². The minimum absolute atomic E-state index is 0. The Balaban J connectivity index is 0.000000125. The first-order valence-corrected chi connectivity index (χ1v) is 34.6. The Kier molecular flexibility index (Phi) is 19.8. The standard InChI is InChI=1S/C26H22ClN3O5.C26H21ClN2O6.C26H23ClN2O4.CH4/c27-16-10-17-22(30-21(16)15-8-6-14(7-9-15)13-4-2-1-3-5-13)20(25(28)32)26(29-17)35-19-12-34-23-18(31)11-33-24(19)23;27-16-10-17-22(29-21(16)15-8-6-14(7-9-15)13-4-2-1-3-5-13)20(26(31)32)25(28-17)35-19-12-34-23-18(30)11-33-24(19)23;1-14-22-19(28-26(14)33-21-13-32-24-20(30)12-31-25(21)24)11-18(27)23(29-22)17-9-7-16(8-10-17)15-5-3-2-4-6-15;/h1-10,18-19,23-24,29,31H,11-12H2,(H2,28,32);1-10,18-19,23-24,28,30H,11-12H2,(H,31,32);2-11,20-21,24-25,28,30H,12-13H2,1H3;1H4/t2*18-,19-,23-,24-;20-,21-,24-,25-;/m111./s1. The zero-order valence-electron chi connectivity index (χ0n) is 54.8. The van der Waals surface area contributed by atoms with E-state index < -0.39 is 66.8 Å². The topological polar surface area (TPSA) is 310 Å². The number of aliphatic hydroxyl groups is 3. The molecule has 0 saturated carbocycles. The van der Waals surface area contributed by atoms with Crippen molar-refractivity contribution in [3.8, 4) is 84.8 Å². The molecule has 6 aliphatic rings. The molecule has 0 bridgehead atoms. The summed E-state index contributed by atoms with van der Waals surface area (Å²) >= 11 is 19.8. The van der Waals surface area contributed by atoms with E-state index in [1.165, 1.54) is 5.56 Å². The number of rotatable bonds is 14. The Labute approximate surface area is 610 Å². The van der Waals surface area contributed by atoms with E-state index in [2.05, 4.69) is 44.2 Å². The largest absolute Gasteiger partial charge is 0.477 e. The van der Waals surface area contributed by atoms with E-state index in [0.717, 1.165) is 66.8 Å². The van der Waals surface area contributed by atoms with Crippen molar-refractivity contribution in [1.29, 1.82) is 0 Å². The molecular formula is C79H70Cl3N7O15. The first-order chi connectivity index (χ1) is 50.1. The summed E-state index contributed by atoms with van der Waals surface area (Å²) in [5.74, 6) is -1.04. The normalized spacial score (nSPS) is 23.5. The lowest BCUT2D eigenvalue weighted by Crippen LogP contribution is -2.35. The highest BCUT2D eigenvalue weighted by Crippen LogP contribution is 2.42. The summed E-state index contributed by atoms with van der Waals surface area (Å²) in [6.07, 6.45) is -5.89. The molecule has 22 nitrogen and oxygen atoms in total. The smallest absolute Gasteiger partial charge is 0.343 e. The molecule has 532 valence electrons. The van der Waals surface area contributed by atoms with Crippen LogP contribution in [0.15, 0.2) is 182 Å². The number of aryl methyl sites for hydroxylation is 1. The van der Waals surface area contributed by atoms with Crippen LogP contribution in [0.4, 0.5) is 0 Å². The number of fused-ring (bicyclic) bond motifs is 6. The number of H-pyrrole nitrogens is 3. The van der Waals surface area contributed by atoms with Gasteiger partial charge in [-0.05, 0) is 58.5 Å². The summed E-state index contributed by atoms with van der Waals surface area (Å²) in [7, 11) is 0. The minimum atomic E-state index is -1.19. The van der Waals surface area contributed by atoms with Crippen LogP contribution in [0.1, 0.15) is 33.7 Å². The summed E-state index contributed by atoms with van der Waals surface area (Å²) < 4.78 is 52.0. The van der Waals surface area contributed by atoms with Crippen LogP contribution in [-0.2, 0) is 28.4 Å². The van der Waals surface area contributed by atoms with Gasteiger partial charge in [-0.2, -0.15) is 0 Å². The molecule has 12 heterocycles. The SMILES string of the molecule is C.Cc1c(O[C@@H]2CO[C@H]3[C@@H]2OC[C@H]3O)[nH]c2cc(Cl)c(-c3ccc(-c4ccccc4)cc3)nc12.NC(=O)c1c(O[C@@H]2CO[C@H]3[C@@H]2OC[C@H]3O)[nH]c2cc(Cl)c(-c3ccc(-c4ccccc4)cc3)nc12.O=C(O)c1c(O[C@@H]2CO[C@H]3[C@@H]2OC[C@H]3O)[nH]c2cc(Cl)c(-c3ccc(-c4ccccc4)cc3)nc12. The molecule has 0 unspecified atom stereocenters. The number of aromatic carboxylic acids is 1. The van der Waals surface area contributed by atoms with Gasteiger partial charge in [-0.1, -0.05) is 206 Å². The van der Waals surface area contributed by atoms with Crippen LogP contribution in [0.2, 0.25) is 15.1 Å². The second-order valence-electron chi connectivity index (χ2n) is 25.8. The van der Waals surface area contributed by atoms with Gasteiger partial charge in [-0.25, -0.2) is 19.7 Å². The molecule has 6 saturated heterocycles. The monoisotopic (exact) mass is 1460 g/mol. The number of carboxylic acid groups (broad SMARTS) is 1. The Morgan fingerprint density at radius 1 is 0.404 bits per heavy atom. The van der Waals surface area contributed by atoms with Gasteiger partial charge in [0.15, 0.2) is 24.2 Å². The molecule has 0 radical (unpaired) electrons. The van der Waals surface area contributed by atoms with Gasteiger partial charge >= 0.3 is 5.97 Å². The lowest BCUT2D eigenvalue weighted by molar-refractivity contribution is 0.00765. The molecule has 25 heteroatoms. The summed E-state index contributed by atoms with van der Waals surface area (Å²) in [5.41, 5.74) is 20.7. The number of carboxylic acids is 1. The van der Waals surface area contributed by atoms with E-state index in [0.29, 0.717) is 55.5 Å². The molecule has 104 heavy (non-hydrogen) atoms. The lowest BCUT2D eigenvalue weighted by Gasteiger charge is -2.17. The van der Waals surface area contributed by atoms with Crippen LogP contribution in [0.5, 0.6) is 17.6 Å². The summed E-state index contributed by atoms with van der Waals surface area (Å²) in [4.78, 5) is 48.2. The van der Waals surface area contributed by atoms with E-state index in [-0.39, 0.29) is 87.2 Å². The fraction of sp³-hybridized carbons (Fsp3) is 0.253. The Bertz CT molecular complexity index is 4910. The van der Waals surface area contributed by atoms with Crippen LogP contribution in [0, 0.1) is 6.92 Å². The number of hydrogen-bond acceptors (Lipinski definition) is 17. The number of aromatic amines is 3. The van der Waals surface area contributed by atoms with Crippen molar-refractivity contribution in [3.63, 3.8) is 0 Å². The van der Waals surface area contributed by atoms with Crippen LogP contribution in [0.25, 0.3) is 100 Å². The maximum Gasteiger partial charge on any atom is 0.343 e. The highest BCUT2D eigenvalue weighted by atomic mass is 35.5. The van der Waals surface area contributed by atoms with Crippen molar-refractivity contribution in [1.82, 2.24) is 29.9 Å². The van der Waals surface area contributed by atoms with Gasteiger partial charge in [-0.15, -0.1) is 0 Å². The first-order valence-electron chi connectivity index (χ1n) is 33.4. The lowest BCUT2D eigenvalue weighted by atomic mass is 10.0. The molecule has 18 rings (SSSR count). The molecule has 12 aromatic rings. The third kappa shape index (κ3) is 13.5. The van der Waals surface area contributed by atoms with Crippen molar-refractivity contribution in [3.05, 3.63) is 214 Å². The molecular weight excluding hydrogens is 1390 g/mol. The van der Waals surface area contributed by atoms with E-state index in [1.807, 2.05) is 153 Å². The number of halogens is 3. The minimum Gasteiger partial charge on any atom is -0.477 e. The second kappa shape index (κ2) is 29.4. The van der Waals surface area contributed by atoms with Crippen molar-refractivity contribution >= 4 is 79.8 Å². The van der Waals surface area contributed by atoms with Crippen molar-refractivity contribution < 1.29 is 72.6 Å². The molecule has 1 amide bonds. The summed E-state index contributed by atoms with van der Waals surface area (Å²) in [6.45, 7) is 3.32. The number of benzene rings is 6. The van der Waals surface area contributed by atoms with Gasteiger partial charge in [0.05, 0.1) is 93.9 Å². The Morgan fingerprint density at radius 3 is 1.03 bits per heavy atom. The molecule has 6 fully saturated rings. The zero-order chi connectivity index (χ0) is 70.7. The fourth-order valence-corrected chi connectivity index (χ4v) is 14.9. The maximum atomic E-state index is 12.4. The first kappa shape index (κ1) is 69.9. The average Bonchev–Trinajstić information content (AvgIpc) is 1.67. The van der Waals surface area contributed by atoms with Gasteiger partial charge in [0.25, 0.3) is 5.91 Å². The van der Waals surface area contributed by atoms with Gasteiger partial charge in [0, 0.05) is 22.3 Å². The van der Waals surface area contributed by atoms with E-state index in [1.54, 1.807) is 12.1 Å². The molecule has 0 aliphatic carbocycles. The number of aromatic nitrogens is 6. The number of nitrogens with two attached hydrogens (primary N) is 1. The third-order valence-corrected chi connectivity index (χ3v) is 20.2. The Morgan fingerprint density at radius 2 is 0.683 bits per heavy atom. The molecule has 6 aliphatic heterocycles. The van der Waals surface area contributed by atoms with E-state index >= 15 is 0 Å². The number of amides is 1. The number of ether oxygens (including phenoxy) is 9. The number of hydrogen-bond donors (Lipinski definition) is 8. The van der Waals surface area contributed by atoms with Crippen molar-refractivity contribution in [2.45, 2.75) is 87.6 Å². The number of pyridine rings is 3. The van der Waals surface area contributed by atoms with Gasteiger partial charge in [0.1, 0.15) is 77.1 Å². The van der Waals surface area contributed by atoms with Crippen molar-refractivity contribution in [2.75, 3.05) is 39.6 Å².